The maximum Gasteiger partial charge on any atom is 0.268 e. The molecule has 21 heavy (non-hydrogen) atoms. The molecule has 0 aliphatic carbocycles. The highest BCUT2D eigenvalue weighted by Crippen LogP contribution is 2.38. The van der Waals surface area contributed by atoms with Crippen molar-refractivity contribution in [2.45, 2.75) is 9.79 Å². The van der Waals surface area contributed by atoms with Gasteiger partial charge < -0.3 is 4.74 Å². The molecule has 0 atom stereocenters. The second kappa shape index (κ2) is 5.57. The smallest absolute Gasteiger partial charge is 0.268 e. The molecule has 0 spiro atoms. The Balaban J connectivity index is 2.12. The van der Waals surface area contributed by atoms with Crippen LogP contribution in [0.3, 0.4) is 0 Å². The lowest BCUT2D eigenvalue weighted by atomic mass is 10.3. The Morgan fingerprint density at radius 3 is 2.90 bits per heavy atom. The topological polar surface area (TPSA) is 59.5 Å². The van der Waals surface area contributed by atoms with Crippen LogP contribution in [0.5, 0.6) is 5.75 Å². The quantitative estimate of drug-likeness (QED) is 0.868. The summed E-state index contributed by atoms with van der Waals surface area (Å²) in [6, 6.07) is 8.49. The fourth-order valence-electron chi connectivity index (χ4n) is 2.24. The van der Waals surface area contributed by atoms with E-state index in [4.69, 9.17) is 4.74 Å². The molecular formula is C14H14N2O3S2. The van der Waals surface area contributed by atoms with E-state index < -0.39 is 10.0 Å². The number of sulfonamides is 1. The van der Waals surface area contributed by atoms with Crippen molar-refractivity contribution in [2.24, 2.45) is 0 Å². The fourth-order valence-corrected chi connectivity index (χ4v) is 5.01. The lowest BCUT2D eigenvalue weighted by Gasteiger charge is -2.29. The van der Waals surface area contributed by atoms with Gasteiger partial charge in [-0.2, -0.15) is 0 Å². The minimum atomic E-state index is -3.66. The normalized spacial score (nSPS) is 14.6. The summed E-state index contributed by atoms with van der Waals surface area (Å²) in [5.74, 6) is 1.06. The van der Waals surface area contributed by atoms with Crippen LogP contribution in [-0.2, 0) is 10.0 Å². The molecule has 0 fully saturated rings. The highest BCUT2D eigenvalue weighted by atomic mass is 32.2. The first-order valence-electron chi connectivity index (χ1n) is 6.37. The molecule has 5 nitrogen and oxygen atoms in total. The van der Waals surface area contributed by atoms with Gasteiger partial charge in [0.2, 0.25) is 0 Å². The third-order valence-electron chi connectivity index (χ3n) is 3.22. The van der Waals surface area contributed by atoms with Crippen LogP contribution in [0, 0.1) is 0 Å². The summed E-state index contributed by atoms with van der Waals surface area (Å²) >= 11 is 1.64. The van der Waals surface area contributed by atoms with Crippen molar-refractivity contribution >= 4 is 27.5 Å². The van der Waals surface area contributed by atoms with E-state index in [2.05, 4.69) is 4.98 Å². The molecule has 0 bridgehead atoms. The Kier molecular flexibility index (Phi) is 3.77. The van der Waals surface area contributed by atoms with Crippen LogP contribution in [-0.4, -0.2) is 32.8 Å². The van der Waals surface area contributed by atoms with Crippen LogP contribution in [0.15, 0.2) is 52.5 Å². The number of nitrogens with zero attached hydrogens (tertiary/aromatic N) is 2. The van der Waals surface area contributed by atoms with Crippen molar-refractivity contribution in [2.75, 3.05) is 23.7 Å². The van der Waals surface area contributed by atoms with Gasteiger partial charge in [-0.05, 0) is 18.2 Å². The summed E-state index contributed by atoms with van der Waals surface area (Å²) in [5, 5.41) is 0. The number of hydrogen-bond donors (Lipinski definition) is 0. The highest BCUT2D eigenvalue weighted by molar-refractivity contribution is 8.00. The van der Waals surface area contributed by atoms with Gasteiger partial charge >= 0.3 is 0 Å². The van der Waals surface area contributed by atoms with E-state index in [1.165, 1.54) is 11.4 Å². The van der Waals surface area contributed by atoms with E-state index in [1.54, 1.807) is 48.4 Å². The molecule has 2 heterocycles. The molecule has 0 saturated carbocycles. The predicted molar refractivity (Wildman–Crippen MR) is 82.5 cm³/mol. The largest absolute Gasteiger partial charge is 0.495 e. The summed E-state index contributed by atoms with van der Waals surface area (Å²) < 4.78 is 32.5. The summed E-state index contributed by atoms with van der Waals surface area (Å²) in [4.78, 5) is 5.15. The number of fused-ring (bicyclic) bond motifs is 1. The van der Waals surface area contributed by atoms with Gasteiger partial charge in [0.1, 0.15) is 10.6 Å². The van der Waals surface area contributed by atoms with E-state index in [1.807, 2.05) is 6.07 Å². The Bertz CT molecular complexity index is 762. The number of thioether (sulfide) groups is 1. The third kappa shape index (κ3) is 2.47. The van der Waals surface area contributed by atoms with Crippen LogP contribution >= 0.6 is 11.8 Å². The first kappa shape index (κ1) is 14.2. The Morgan fingerprint density at radius 1 is 1.29 bits per heavy atom. The Labute approximate surface area is 128 Å². The van der Waals surface area contributed by atoms with E-state index in [0.29, 0.717) is 23.7 Å². The number of ether oxygens (including phenoxy) is 1. The third-order valence-corrected chi connectivity index (χ3v) is 6.11. The zero-order valence-electron chi connectivity index (χ0n) is 11.4. The summed E-state index contributed by atoms with van der Waals surface area (Å²) in [6.45, 7) is 0.420. The standard InChI is InChI=1S/C14H14N2O3S2/c1-19-12-4-2-3-5-14(12)21(17,18)16-8-9-20-13-6-7-15-10-11(13)16/h2-7,10H,8-9H2,1H3. The first-order valence-corrected chi connectivity index (χ1v) is 8.80. The Morgan fingerprint density at radius 2 is 2.10 bits per heavy atom. The zero-order valence-corrected chi connectivity index (χ0v) is 13.0. The van der Waals surface area contributed by atoms with Crippen molar-refractivity contribution in [1.82, 2.24) is 4.98 Å². The van der Waals surface area contributed by atoms with Crippen LogP contribution in [0.25, 0.3) is 0 Å². The maximum atomic E-state index is 12.9. The first-order chi connectivity index (χ1) is 10.1. The molecule has 0 unspecified atom stereocenters. The summed E-state index contributed by atoms with van der Waals surface area (Å²) in [6.07, 6.45) is 3.26. The molecule has 0 amide bonds. The number of anilines is 1. The van der Waals surface area contributed by atoms with Crippen molar-refractivity contribution in [3.63, 3.8) is 0 Å². The van der Waals surface area contributed by atoms with Crippen molar-refractivity contribution in [1.29, 1.82) is 0 Å². The average Bonchev–Trinajstić information content (AvgIpc) is 2.54. The number of para-hydroxylation sites is 1. The van der Waals surface area contributed by atoms with Crippen LogP contribution < -0.4 is 9.04 Å². The van der Waals surface area contributed by atoms with Gasteiger partial charge in [0.25, 0.3) is 10.0 Å². The molecule has 0 radical (unpaired) electrons. The van der Waals surface area contributed by atoms with Gasteiger partial charge in [-0.1, -0.05) is 12.1 Å². The summed E-state index contributed by atoms with van der Waals surface area (Å²) in [5.41, 5.74) is 0.625. The number of pyridine rings is 1. The number of aromatic nitrogens is 1. The van der Waals surface area contributed by atoms with Gasteiger partial charge in [0, 0.05) is 23.4 Å². The molecule has 1 aliphatic rings. The number of benzene rings is 1. The molecule has 2 aromatic rings. The molecule has 1 aromatic carbocycles. The molecule has 1 aliphatic heterocycles. The second-order valence-electron chi connectivity index (χ2n) is 4.42. The SMILES string of the molecule is COc1ccccc1S(=O)(=O)N1CCSc2ccncc21. The van der Waals surface area contributed by atoms with Crippen LogP contribution in [0.2, 0.25) is 0 Å². The van der Waals surface area contributed by atoms with E-state index in [0.717, 1.165) is 4.90 Å². The minimum Gasteiger partial charge on any atom is -0.495 e. The maximum absolute atomic E-state index is 12.9. The fraction of sp³-hybridized carbons (Fsp3) is 0.214. The summed E-state index contributed by atoms with van der Waals surface area (Å²) in [7, 11) is -2.20. The molecule has 110 valence electrons. The molecule has 0 N–H and O–H groups in total. The predicted octanol–water partition coefficient (Wildman–Crippen LogP) is 2.39. The van der Waals surface area contributed by atoms with Gasteiger partial charge in [-0.3, -0.25) is 9.29 Å². The van der Waals surface area contributed by atoms with Gasteiger partial charge in [0.15, 0.2) is 0 Å². The minimum absolute atomic E-state index is 0.175. The number of methoxy groups -OCH3 is 1. The van der Waals surface area contributed by atoms with E-state index >= 15 is 0 Å². The van der Waals surface area contributed by atoms with Crippen molar-refractivity contribution in [3.05, 3.63) is 42.7 Å². The van der Waals surface area contributed by atoms with Crippen LogP contribution in [0.1, 0.15) is 0 Å². The highest BCUT2D eigenvalue weighted by Gasteiger charge is 2.31. The van der Waals surface area contributed by atoms with E-state index in [-0.39, 0.29) is 4.90 Å². The lowest BCUT2D eigenvalue weighted by molar-refractivity contribution is 0.402. The van der Waals surface area contributed by atoms with Gasteiger partial charge in [-0.15, -0.1) is 11.8 Å². The lowest BCUT2D eigenvalue weighted by Crippen LogP contribution is -2.35. The molecule has 0 saturated heterocycles. The molecular weight excluding hydrogens is 308 g/mol. The second-order valence-corrected chi connectivity index (χ2v) is 7.39. The number of hydrogen-bond acceptors (Lipinski definition) is 5. The molecule has 7 heteroatoms. The van der Waals surface area contributed by atoms with Gasteiger partial charge in [-0.25, -0.2) is 8.42 Å². The van der Waals surface area contributed by atoms with Crippen molar-refractivity contribution < 1.29 is 13.2 Å². The number of rotatable bonds is 3. The van der Waals surface area contributed by atoms with E-state index in [9.17, 15) is 8.42 Å². The average molecular weight is 322 g/mol. The van der Waals surface area contributed by atoms with Crippen LogP contribution in [0.4, 0.5) is 5.69 Å². The Hall–Kier alpha value is -1.73. The van der Waals surface area contributed by atoms with Gasteiger partial charge in [0.05, 0.1) is 19.0 Å². The molecule has 3 rings (SSSR count). The monoisotopic (exact) mass is 322 g/mol. The zero-order chi connectivity index (χ0) is 14.9. The van der Waals surface area contributed by atoms with Crippen molar-refractivity contribution in [3.8, 4) is 5.75 Å². The molecule has 1 aromatic heterocycles.